The summed E-state index contributed by atoms with van der Waals surface area (Å²) < 4.78 is 0. The fraction of sp³-hybridized carbons (Fsp3) is 0.364. The van der Waals surface area contributed by atoms with E-state index < -0.39 is 0 Å². The number of amides is 1. The highest BCUT2D eigenvalue weighted by molar-refractivity contribution is 8.00. The molecule has 0 spiro atoms. The van der Waals surface area contributed by atoms with Gasteiger partial charge in [-0.2, -0.15) is 0 Å². The smallest absolute Gasteiger partial charge is 0.228 e. The Kier molecular flexibility index (Phi) is 2.50. The fourth-order valence-corrected chi connectivity index (χ4v) is 2.57. The van der Waals surface area contributed by atoms with E-state index in [0.717, 1.165) is 10.6 Å². The highest BCUT2D eigenvalue weighted by Gasteiger charge is 2.25. The molecule has 0 aliphatic carbocycles. The third-order valence-corrected chi connectivity index (χ3v) is 3.97. The number of hydrogen-bond donors (Lipinski definition) is 1. The number of rotatable bonds is 0. The van der Waals surface area contributed by atoms with Crippen molar-refractivity contribution >= 4 is 23.4 Å². The summed E-state index contributed by atoms with van der Waals surface area (Å²) >= 11 is 1.76. The second-order valence-corrected chi connectivity index (χ2v) is 5.02. The Morgan fingerprint density at radius 3 is 2.79 bits per heavy atom. The van der Waals surface area contributed by atoms with Crippen LogP contribution in [0, 0.1) is 5.92 Å². The van der Waals surface area contributed by atoms with Crippen molar-refractivity contribution in [1.82, 2.24) is 0 Å². The van der Waals surface area contributed by atoms with Crippen LogP contribution in [0.1, 0.15) is 13.8 Å². The van der Waals surface area contributed by atoms with Crippen LogP contribution in [0.25, 0.3) is 0 Å². The molecule has 3 heteroatoms. The number of carbonyl (C=O) groups is 1. The van der Waals surface area contributed by atoms with E-state index in [1.165, 1.54) is 0 Å². The third-order valence-electron chi connectivity index (χ3n) is 2.58. The number of fused-ring (bicyclic) bond motifs is 1. The Balaban J connectivity index is 2.39. The number of carbonyl (C=O) groups excluding carboxylic acids is 1. The van der Waals surface area contributed by atoms with E-state index in [9.17, 15) is 4.79 Å². The number of anilines is 1. The molecule has 1 aliphatic rings. The van der Waals surface area contributed by atoms with Gasteiger partial charge in [0.15, 0.2) is 0 Å². The minimum Gasteiger partial charge on any atom is -0.325 e. The van der Waals surface area contributed by atoms with Crippen LogP contribution in [0.4, 0.5) is 5.69 Å². The summed E-state index contributed by atoms with van der Waals surface area (Å²) in [6.45, 7) is 4.07. The van der Waals surface area contributed by atoms with Crippen molar-refractivity contribution in [2.75, 3.05) is 5.32 Å². The number of thioether (sulfide) groups is 1. The van der Waals surface area contributed by atoms with Gasteiger partial charge in [0.1, 0.15) is 0 Å². The van der Waals surface area contributed by atoms with Crippen LogP contribution in [-0.2, 0) is 4.79 Å². The minimum atomic E-state index is 0.0624. The molecule has 0 unspecified atom stereocenters. The van der Waals surface area contributed by atoms with Crippen molar-refractivity contribution in [3.63, 3.8) is 0 Å². The maximum Gasteiger partial charge on any atom is 0.228 e. The molecule has 1 aromatic carbocycles. The predicted molar refractivity (Wildman–Crippen MR) is 59.6 cm³/mol. The first-order valence-electron chi connectivity index (χ1n) is 4.75. The van der Waals surface area contributed by atoms with E-state index in [2.05, 4.69) is 18.3 Å². The Hall–Kier alpha value is -0.960. The average molecular weight is 207 g/mol. The predicted octanol–water partition coefficient (Wildman–Crippen LogP) is 2.76. The summed E-state index contributed by atoms with van der Waals surface area (Å²) in [7, 11) is 0. The molecule has 0 bridgehead atoms. The SMILES string of the molecule is C[C@@H]1C(=O)Nc2ccccc2S[C@@H]1C. The molecule has 14 heavy (non-hydrogen) atoms. The summed E-state index contributed by atoms with van der Waals surface area (Å²) in [5.41, 5.74) is 0.943. The van der Waals surface area contributed by atoms with Crippen LogP contribution in [0.2, 0.25) is 0 Å². The lowest BCUT2D eigenvalue weighted by Crippen LogP contribution is -2.24. The summed E-state index contributed by atoms with van der Waals surface area (Å²) in [6.07, 6.45) is 0. The maximum absolute atomic E-state index is 11.7. The zero-order valence-corrected chi connectivity index (χ0v) is 9.10. The van der Waals surface area contributed by atoms with Gasteiger partial charge >= 0.3 is 0 Å². The first-order chi connectivity index (χ1) is 6.68. The molecule has 2 rings (SSSR count). The van der Waals surface area contributed by atoms with Gasteiger partial charge in [-0.25, -0.2) is 0 Å². The van der Waals surface area contributed by atoms with Crippen LogP contribution in [-0.4, -0.2) is 11.2 Å². The summed E-state index contributed by atoms with van der Waals surface area (Å²) in [5.74, 6) is 0.183. The van der Waals surface area contributed by atoms with Gasteiger partial charge in [-0.1, -0.05) is 26.0 Å². The van der Waals surface area contributed by atoms with Gasteiger partial charge in [0.05, 0.1) is 5.69 Å². The van der Waals surface area contributed by atoms with Gasteiger partial charge in [0.25, 0.3) is 0 Å². The normalized spacial score (nSPS) is 26.3. The van der Waals surface area contributed by atoms with Gasteiger partial charge in [-0.05, 0) is 12.1 Å². The Bertz CT molecular complexity index is 364. The van der Waals surface area contributed by atoms with Crippen LogP contribution >= 0.6 is 11.8 Å². The molecule has 74 valence electrons. The summed E-state index contributed by atoms with van der Waals surface area (Å²) in [6, 6.07) is 7.95. The number of benzene rings is 1. The van der Waals surface area contributed by atoms with E-state index >= 15 is 0 Å². The van der Waals surface area contributed by atoms with Crippen molar-refractivity contribution in [2.24, 2.45) is 5.92 Å². The molecule has 1 aromatic rings. The highest BCUT2D eigenvalue weighted by atomic mass is 32.2. The first kappa shape index (κ1) is 9.59. The zero-order valence-electron chi connectivity index (χ0n) is 8.28. The van der Waals surface area contributed by atoms with Gasteiger partial charge in [0.2, 0.25) is 5.91 Å². The molecule has 2 nitrogen and oxygen atoms in total. The zero-order chi connectivity index (χ0) is 10.1. The number of para-hydroxylation sites is 1. The second-order valence-electron chi connectivity index (χ2n) is 3.60. The van der Waals surface area contributed by atoms with Crippen LogP contribution in [0.5, 0.6) is 0 Å². The molecular formula is C11H13NOS. The van der Waals surface area contributed by atoms with Crippen molar-refractivity contribution < 1.29 is 4.79 Å². The summed E-state index contributed by atoms with van der Waals surface area (Å²) in [5, 5.41) is 3.27. The van der Waals surface area contributed by atoms with E-state index in [1.54, 1.807) is 11.8 Å². The van der Waals surface area contributed by atoms with Crippen molar-refractivity contribution in [1.29, 1.82) is 0 Å². The Morgan fingerprint density at radius 2 is 2.00 bits per heavy atom. The first-order valence-corrected chi connectivity index (χ1v) is 5.63. The van der Waals surface area contributed by atoms with Gasteiger partial charge in [-0.3, -0.25) is 4.79 Å². The molecule has 0 aromatic heterocycles. The van der Waals surface area contributed by atoms with Gasteiger partial charge in [-0.15, -0.1) is 11.8 Å². The van der Waals surface area contributed by atoms with Gasteiger partial charge in [0, 0.05) is 16.1 Å². The van der Waals surface area contributed by atoms with Gasteiger partial charge < -0.3 is 5.32 Å². The van der Waals surface area contributed by atoms with Crippen LogP contribution in [0.3, 0.4) is 0 Å². The molecule has 1 heterocycles. The molecule has 0 fully saturated rings. The second kappa shape index (κ2) is 3.65. The summed E-state index contributed by atoms with van der Waals surface area (Å²) in [4.78, 5) is 12.8. The largest absolute Gasteiger partial charge is 0.325 e. The van der Waals surface area contributed by atoms with E-state index in [4.69, 9.17) is 0 Å². The Morgan fingerprint density at radius 1 is 1.29 bits per heavy atom. The average Bonchev–Trinajstić information content (AvgIpc) is 2.28. The standard InChI is InChI=1S/C11H13NOS/c1-7-8(2)14-10-6-4-3-5-9(10)12-11(7)13/h3-8H,1-2H3,(H,12,13)/t7-,8+/m0/s1. The quantitative estimate of drug-likeness (QED) is 0.708. The molecule has 1 amide bonds. The molecule has 0 saturated carbocycles. The van der Waals surface area contributed by atoms with E-state index in [-0.39, 0.29) is 11.8 Å². The molecular weight excluding hydrogens is 194 g/mol. The third kappa shape index (κ3) is 1.64. The molecule has 1 N–H and O–H groups in total. The molecule has 0 saturated heterocycles. The van der Waals surface area contributed by atoms with E-state index in [1.807, 2.05) is 25.1 Å². The van der Waals surface area contributed by atoms with Crippen LogP contribution in [0.15, 0.2) is 29.2 Å². The lowest BCUT2D eigenvalue weighted by Gasteiger charge is -2.12. The highest BCUT2D eigenvalue weighted by Crippen LogP contribution is 2.36. The van der Waals surface area contributed by atoms with Crippen molar-refractivity contribution in [2.45, 2.75) is 24.0 Å². The minimum absolute atomic E-state index is 0.0624. The molecule has 0 radical (unpaired) electrons. The molecule has 1 aliphatic heterocycles. The lowest BCUT2D eigenvalue weighted by molar-refractivity contribution is -0.119. The lowest BCUT2D eigenvalue weighted by atomic mass is 10.1. The molecule has 2 atom stereocenters. The Labute approximate surface area is 88.1 Å². The van der Waals surface area contributed by atoms with Crippen LogP contribution < -0.4 is 5.32 Å². The van der Waals surface area contributed by atoms with Crippen molar-refractivity contribution in [3.05, 3.63) is 24.3 Å². The fourth-order valence-electron chi connectivity index (χ4n) is 1.43. The number of hydrogen-bond acceptors (Lipinski definition) is 2. The topological polar surface area (TPSA) is 29.1 Å². The van der Waals surface area contributed by atoms with E-state index in [0.29, 0.717) is 5.25 Å². The van der Waals surface area contributed by atoms with Crippen molar-refractivity contribution in [3.8, 4) is 0 Å². The maximum atomic E-state index is 11.7. The monoisotopic (exact) mass is 207 g/mol. The number of nitrogens with one attached hydrogen (secondary N) is 1.